The third-order valence-corrected chi connectivity index (χ3v) is 4.60. The van der Waals surface area contributed by atoms with E-state index < -0.39 is 0 Å². The van der Waals surface area contributed by atoms with E-state index in [0.717, 1.165) is 31.3 Å². The Morgan fingerprint density at radius 2 is 2.04 bits per heavy atom. The fourth-order valence-electron chi connectivity index (χ4n) is 3.15. The van der Waals surface area contributed by atoms with Crippen molar-refractivity contribution in [3.8, 4) is 0 Å². The number of rotatable bonds is 2. The molecule has 0 bridgehead atoms. The number of fused-ring (bicyclic) bond motifs is 1. The zero-order valence-corrected chi connectivity index (χ0v) is 13.7. The number of hydrogen-bond donors (Lipinski definition) is 0. The minimum atomic E-state index is -0.00320. The molecule has 1 aromatic heterocycles. The Balaban J connectivity index is 1.39. The third-order valence-electron chi connectivity index (χ3n) is 4.60. The molecular formula is C17H20N6O. The van der Waals surface area contributed by atoms with Crippen molar-refractivity contribution in [2.24, 2.45) is 9.98 Å². The molecule has 0 spiro atoms. The van der Waals surface area contributed by atoms with Gasteiger partial charge in [0.1, 0.15) is 17.4 Å². The zero-order valence-electron chi connectivity index (χ0n) is 13.7. The largest absolute Gasteiger partial charge is 0.353 e. The maximum Gasteiger partial charge on any atom is 0.272 e. The van der Waals surface area contributed by atoms with Gasteiger partial charge in [0, 0.05) is 38.5 Å². The Hall–Kier alpha value is -2.70. The number of nitrogens with zero attached hydrogens (tertiary/aromatic N) is 6. The molecule has 0 radical (unpaired) electrons. The van der Waals surface area contributed by atoms with E-state index in [1.807, 2.05) is 29.4 Å². The molecule has 1 atom stereocenters. The lowest BCUT2D eigenvalue weighted by molar-refractivity contribution is 0.0662. The maximum atomic E-state index is 12.4. The van der Waals surface area contributed by atoms with Gasteiger partial charge in [-0.3, -0.25) is 14.8 Å². The second kappa shape index (κ2) is 6.07. The highest BCUT2D eigenvalue weighted by molar-refractivity contribution is 6.03. The summed E-state index contributed by atoms with van der Waals surface area (Å²) in [5, 5.41) is 0. The van der Waals surface area contributed by atoms with Crippen LogP contribution >= 0.6 is 0 Å². The molecule has 1 amide bonds. The number of pyridine rings is 1. The molecule has 1 fully saturated rings. The molecule has 24 heavy (non-hydrogen) atoms. The molecule has 7 heteroatoms. The number of amides is 1. The molecule has 4 heterocycles. The van der Waals surface area contributed by atoms with Gasteiger partial charge in [0.25, 0.3) is 5.91 Å². The van der Waals surface area contributed by atoms with Gasteiger partial charge in [-0.25, -0.2) is 4.99 Å². The van der Waals surface area contributed by atoms with E-state index in [1.165, 1.54) is 0 Å². The van der Waals surface area contributed by atoms with Crippen LogP contribution in [0.2, 0.25) is 0 Å². The second-order valence-corrected chi connectivity index (χ2v) is 6.20. The minimum absolute atomic E-state index is 0.00320. The number of carbonyl (C=O) groups is 1. The first kappa shape index (κ1) is 14.9. The first-order valence-corrected chi connectivity index (χ1v) is 8.26. The van der Waals surface area contributed by atoms with Gasteiger partial charge >= 0.3 is 0 Å². The molecule has 1 unspecified atom stereocenters. The summed E-state index contributed by atoms with van der Waals surface area (Å²) in [5.74, 6) is 1.92. The number of carbonyl (C=O) groups excluding carboxylic acids is 1. The highest BCUT2D eigenvalue weighted by Gasteiger charge is 2.28. The van der Waals surface area contributed by atoms with Crippen molar-refractivity contribution in [1.29, 1.82) is 0 Å². The molecule has 1 saturated heterocycles. The van der Waals surface area contributed by atoms with E-state index in [-0.39, 0.29) is 5.91 Å². The lowest BCUT2D eigenvalue weighted by Gasteiger charge is -2.37. The van der Waals surface area contributed by atoms with Crippen molar-refractivity contribution in [2.45, 2.75) is 13.0 Å². The van der Waals surface area contributed by atoms with Gasteiger partial charge in [0.05, 0.1) is 18.9 Å². The van der Waals surface area contributed by atoms with Crippen molar-refractivity contribution >= 4 is 18.1 Å². The van der Waals surface area contributed by atoms with Crippen LogP contribution < -0.4 is 0 Å². The Bertz CT molecular complexity index is 718. The summed E-state index contributed by atoms with van der Waals surface area (Å²) in [5.41, 5.74) is 0.505. The van der Waals surface area contributed by atoms with Gasteiger partial charge in [-0.15, -0.1) is 0 Å². The topological polar surface area (TPSA) is 64.4 Å². The molecule has 0 aromatic carbocycles. The fourth-order valence-corrected chi connectivity index (χ4v) is 3.15. The molecular weight excluding hydrogens is 304 g/mol. The number of aliphatic imine (C=N–C) groups is 2. The summed E-state index contributed by atoms with van der Waals surface area (Å²) in [6.07, 6.45) is 5.57. The lowest BCUT2D eigenvalue weighted by atomic mass is 10.2. The molecule has 7 nitrogen and oxygen atoms in total. The van der Waals surface area contributed by atoms with E-state index in [0.29, 0.717) is 24.8 Å². The van der Waals surface area contributed by atoms with Crippen LogP contribution in [0.1, 0.15) is 17.4 Å². The average Bonchev–Trinajstić information content (AvgIpc) is 3.02. The summed E-state index contributed by atoms with van der Waals surface area (Å²) in [4.78, 5) is 31.9. The molecule has 0 N–H and O–H groups in total. The van der Waals surface area contributed by atoms with E-state index >= 15 is 0 Å². The fraction of sp³-hybridized carbons (Fsp3) is 0.412. The summed E-state index contributed by atoms with van der Waals surface area (Å²) >= 11 is 0. The molecule has 124 valence electrons. The van der Waals surface area contributed by atoms with E-state index in [1.54, 1.807) is 12.3 Å². The van der Waals surface area contributed by atoms with Crippen LogP contribution in [-0.2, 0) is 0 Å². The number of amidine groups is 1. The minimum Gasteiger partial charge on any atom is -0.353 e. The van der Waals surface area contributed by atoms with E-state index in [2.05, 4.69) is 31.7 Å². The normalized spacial score (nSPS) is 23.0. The van der Waals surface area contributed by atoms with Crippen molar-refractivity contribution in [3.63, 3.8) is 0 Å². The molecule has 3 aliphatic heterocycles. The van der Waals surface area contributed by atoms with Crippen LogP contribution in [0.25, 0.3) is 0 Å². The molecule has 4 rings (SSSR count). The summed E-state index contributed by atoms with van der Waals surface area (Å²) in [6.45, 7) is 5.85. The van der Waals surface area contributed by atoms with Crippen molar-refractivity contribution in [3.05, 3.63) is 42.0 Å². The number of piperazine rings is 1. The van der Waals surface area contributed by atoms with E-state index in [9.17, 15) is 4.79 Å². The van der Waals surface area contributed by atoms with Crippen LogP contribution in [0.5, 0.6) is 0 Å². The number of hydrogen-bond acceptors (Lipinski definition) is 6. The Kier molecular flexibility index (Phi) is 3.76. The summed E-state index contributed by atoms with van der Waals surface area (Å²) in [6, 6.07) is 5.80. The van der Waals surface area contributed by atoms with Gasteiger partial charge < -0.3 is 14.7 Å². The van der Waals surface area contributed by atoms with Gasteiger partial charge in [-0.05, 0) is 19.1 Å². The maximum absolute atomic E-state index is 12.4. The Labute approximate surface area is 141 Å². The van der Waals surface area contributed by atoms with Gasteiger partial charge in [0.2, 0.25) is 0 Å². The predicted molar refractivity (Wildman–Crippen MR) is 91.9 cm³/mol. The summed E-state index contributed by atoms with van der Waals surface area (Å²) < 4.78 is 0. The smallest absolute Gasteiger partial charge is 0.272 e. The predicted octanol–water partition coefficient (Wildman–Crippen LogP) is 0.825. The molecule has 3 aliphatic rings. The van der Waals surface area contributed by atoms with Crippen LogP contribution in [-0.4, -0.2) is 76.5 Å². The molecule has 0 saturated carbocycles. The van der Waals surface area contributed by atoms with Gasteiger partial charge in [0.15, 0.2) is 0 Å². The Morgan fingerprint density at radius 1 is 1.21 bits per heavy atom. The SMILES string of the molecule is CC1CN=C2C=C(N3CCN(C(=O)c4ccccn4)CC3)N=CN21. The third kappa shape index (κ3) is 2.66. The first-order valence-electron chi connectivity index (χ1n) is 8.26. The monoisotopic (exact) mass is 324 g/mol. The van der Waals surface area contributed by atoms with Gasteiger partial charge in [-0.1, -0.05) is 6.07 Å². The van der Waals surface area contributed by atoms with Crippen LogP contribution in [0.3, 0.4) is 0 Å². The first-order chi connectivity index (χ1) is 11.7. The van der Waals surface area contributed by atoms with Gasteiger partial charge in [-0.2, -0.15) is 0 Å². The average molecular weight is 324 g/mol. The van der Waals surface area contributed by atoms with E-state index in [4.69, 9.17) is 0 Å². The molecule has 0 aliphatic carbocycles. The van der Waals surface area contributed by atoms with Crippen LogP contribution in [0.4, 0.5) is 0 Å². The summed E-state index contributed by atoms with van der Waals surface area (Å²) in [7, 11) is 0. The quantitative estimate of drug-likeness (QED) is 0.808. The van der Waals surface area contributed by atoms with Crippen molar-refractivity contribution in [1.82, 2.24) is 19.7 Å². The Morgan fingerprint density at radius 3 is 2.79 bits per heavy atom. The second-order valence-electron chi connectivity index (χ2n) is 6.20. The number of aromatic nitrogens is 1. The highest BCUT2D eigenvalue weighted by Crippen LogP contribution is 2.19. The standard InChI is InChI=1S/C17H20N6O/c1-13-11-19-16-10-15(20-12-23(13)16)21-6-8-22(9-7-21)17(24)14-4-2-3-5-18-14/h2-5,10,12-13H,6-9,11H2,1H3. The van der Waals surface area contributed by atoms with Crippen LogP contribution in [0, 0.1) is 0 Å². The lowest BCUT2D eigenvalue weighted by Crippen LogP contribution is -2.49. The van der Waals surface area contributed by atoms with Crippen LogP contribution in [0.15, 0.2) is 46.3 Å². The van der Waals surface area contributed by atoms with Crippen molar-refractivity contribution < 1.29 is 4.79 Å². The molecule has 1 aromatic rings. The zero-order chi connectivity index (χ0) is 16.5. The van der Waals surface area contributed by atoms with Crippen molar-refractivity contribution in [2.75, 3.05) is 32.7 Å². The highest BCUT2D eigenvalue weighted by atomic mass is 16.2.